The topological polar surface area (TPSA) is 24.9 Å². The molecule has 0 fully saturated rings. The van der Waals surface area contributed by atoms with Gasteiger partial charge in [-0.2, -0.15) is 11.8 Å². The number of hydrogen-bond acceptors (Lipinski definition) is 3. The zero-order valence-corrected chi connectivity index (χ0v) is 13.4. The molecule has 1 aromatic heterocycles. The molecule has 2 unspecified atom stereocenters. The molecule has 0 aliphatic carbocycles. The molecule has 1 aromatic carbocycles. The lowest BCUT2D eigenvalue weighted by molar-refractivity contribution is 0.608. The molecule has 3 heteroatoms. The normalized spacial score (nSPS) is 14.3. The molecule has 2 atom stereocenters. The molecule has 2 rings (SSSR count). The van der Waals surface area contributed by atoms with Crippen LogP contribution in [0, 0.1) is 0 Å². The number of nitrogens with one attached hydrogen (secondary N) is 1. The van der Waals surface area contributed by atoms with Gasteiger partial charge >= 0.3 is 0 Å². The summed E-state index contributed by atoms with van der Waals surface area (Å²) in [4.78, 5) is 4.58. The van der Waals surface area contributed by atoms with Crippen molar-refractivity contribution in [1.82, 2.24) is 10.3 Å². The van der Waals surface area contributed by atoms with E-state index < -0.39 is 0 Å². The fraction of sp³-hybridized carbons (Fsp3) is 0.471. The fourth-order valence-corrected chi connectivity index (χ4v) is 3.35. The summed E-state index contributed by atoms with van der Waals surface area (Å²) in [7, 11) is 0. The van der Waals surface area contributed by atoms with Crippen LogP contribution in [-0.4, -0.2) is 22.5 Å². The molecule has 0 radical (unpaired) electrons. The van der Waals surface area contributed by atoms with Gasteiger partial charge in [0.2, 0.25) is 0 Å². The van der Waals surface area contributed by atoms with Gasteiger partial charge in [-0.1, -0.05) is 45.0 Å². The zero-order chi connectivity index (χ0) is 14.4. The average molecular weight is 288 g/mol. The summed E-state index contributed by atoms with van der Waals surface area (Å²) < 4.78 is 0. The van der Waals surface area contributed by atoms with Crippen molar-refractivity contribution in [2.24, 2.45) is 0 Å². The minimum Gasteiger partial charge on any atom is -0.309 e. The zero-order valence-electron chi connectivity index (χ0n) is 12.6. The lowest BCUT2D eigenvalue weighted by atomic mass is 10.0. The van der Waals surface area contributed by atoms with Crippen LogP contribution in [0.2, 0.25) is 0 Å². The van der Waals surface area contributed by atoms with E-state index in [-0.39, 0.29) is 0 Å². The third-order valence-electron chi connectivity index (χ3n) is 3.61. The van der Waals surface area contributed by atoms with E-state index in [1.54, 1.807) is 0 Å². The highest BCUT2D eigenvalue weighted by Gasteiger charge is 2.15. The average Bonchev–Trinajstić information content (AvgIpc) is 2.50. The van der Waals surface area contributed by atoms with E-state index >= 15 is 0 Å². The Balaban J connectivity index is 2.26. The quantitative estimate of drug-likeness (QED) is 0.816. The van der Waals surface area contributed by atoms with Gasteiger partial charge < -0.3 is 5.32 Å². The number of hydrogen-bond donors (Lipinski definition) is 1. The molecule has 1 heterocycles. The molecule has 108 valence electrons. The number of benzene rings is 1. The maximum absolute atomic E-state index is 4.58. The van der Waals surface area contributed by atoms with Crippen LogP contribution >= 0.6 is 11.8 Å². The molecule has 20 heavy (non-hydrogen) atoms. The van der Waals surface area contributed by atoms with Crippen molar-refractivity contribution in [1.29, 1.82) is 0 Å². The van der Waals surface area contributed by atoms with E-state index in [0.29, 0.717) is 11.3 Å². The Bertz CT molecular complexity index is 536. The first-order valence-electron chi connectivity index (χ1n) is 7.44. The lowest BCUT2D eigenvalue weighted by Crippen LogP contribution is -2.24. The Labute approximate surface area is 126 Å². The highest BCUT2D eigenvalue weighted by molar-refractivity contribution is 7.99. The lowest BCUT2D eigenvalue weighted by Gasteiger charge is -2.21. The second-order valence-electron chi connectivity index (χ2n) is 5.08. The molecule has 0 aliphatic heterocycles. The number of nitrogens with zero attached hydrogens (tertiary/aromatic N) is 1. The highest BCUT2D eigenvalue weighted by atomic mass is 32.2. The smallest absolute Gasteiger partial charge is 0.0750 e. The largest absolute Gasteiger partial charge is 0.309 e. The van der Waals surface area contributed by atoms with Gasteiger partial charge in [0, 0.05) is 28.6 Å². The van der Waals surface area contributed by atoms with E-state index in [9.17, 15) is 0 Å². The van der Waals surface area contributed by atoms with Crippen LogP contribution in [0.25, 0.3) is 10.9 Å². The molecule has 0 amide bonds. The van der Waals surface area contributed by atoms with E-state index in [2.05, 4.69) is 55.3 Å². The van der Waals surface area contributed by atoms with Crippen LogP contribution < -0.4 is 5.32 Å². The van der Waals surface area contributed by atoms with Gasteiger partial charge in [0.05, 0.1) is 5.52 Å². The molecule has 2 nitrogen and oxygen atoms in total. The predicted octanol–water partition coefficient (Wildman–Crippen LogP) is 4.42. The Morgan fingerprint density at radius 1 is 1.20 bits per heavy atom. The van der Waals surface area contributed by atoms with Gasteiger partial charge in [-0.3, -0.25) is 4.98 Å². The fourth-order valence-electron chi connectivity index (χ4n) is 2.29. The van der Waals surface area contributed by atoms with Crippen LogP contribution in [0.5, 0.6) is 0 Å². The summed E-state index contributed by atoms with van der Waals surface area (Å²) in [5, 5.41) is 5.54. The molecule has 0 spiro atoms. The molecule has 0 saturated heterocycles. The van der Waals surface area contributed by atoms with Crippen molar-refractivity contribution in [3.05, 3.63) is 42.1 Å². The minimum absolute atomic E-state index is 0.373. The summed E-state index contributed by atoms with van der Waals surface area (Å²) in [5.74, 6) is 1.10. The van der Waals surface area contributed by atoms with Gasteiger partial charge in [-0.25, -0.2) is 0 Å². The monoisotopic (exact) mass is 288 g/mol. The highest BCUT2D eigenvalue weighted by Crippen LogP contribution is 2.27. The summed E-state index contributed by atoms with van der Waals surface area (Å²) in [5.41, 5.74) is 2.45. The SMILES string of the molecule is CCNC(CSC(C)CC)c1cccc2cccnc12. The van der Waals surface area contributed by atoms with Crippen molar-refractivity contribution in [2.45, 2.75) is 38.5 Å². The van der Waals surface area contributed by atoms with Crippen molar-refractivity contribution in [3.8, 4) is 0 Å². The molecule has 0 aliphatic rings. The first-order chi connectivity index (χ1) is 9.76. The van der Waals surface area contributed by atoms with Crippen molar-refractivity contribution in [3.63, 3.8) is 0 Å². The number of aromatic nitrogens is 1. The third-order valence-corrected chi connectivity index (χ3v) is 5.04. The maximum atomic E-state index is 4.58. The molecular weight excluding hydrogens is 264 g/mol. The van der Waals surface area contributed by atoms with Gasteiger partial charge in [0.25, 0.3) is 0 Å². The Hall–Kier alpha value is -1.06. The second-order valence-corrected chi connectivity index (χ2v) is 6.56. The predicted molar refractivity (Wildman–Crippen MR) is 90.4 cm³/mol. The summed E-state index contributed by atoms with van der Waals surface area (Å²) in [6.45, 7) is 7.70. The van der Waals surface area contributed by atoms with Crippen LogP contribution in [0.1, 0.15) is 38.8 Å². The van der Waals surface area contributed by atoms with Crippen molar-refractivity contribution < 1.29 is 0 Å². The standard InChI is InChI=1S/C17H24N2S/c1-4-13(3)20-12-16(18-5-2)15-10-6-8-14-9-7-11-19-17(14)15/h6-11,13,16,18H,4-5,12H2,1-3H3. The Morgan fingerprint density at radius 3 is 2.75 bits per heavy atom. The molecule has 0 bridgehead atoms. The van der Waals surface area contributed by atoms with Gasteiger partial charge in [0.15, 0.2) is 0 Å². The minimum atomic E-state index is 0.373. The molecule has 1 N–H and O–H groups in total. The van der Waals surface area contributed by atoms with Crippen LogP contribution in [0.3, 0.4) is 0 Å². The van der Waals surface area contributed by atoms with Crippen LogP contribution in [0.4, 0.5) is 0 Å². The Kier molecular flexibility index (Phi) is 5.86. The van der Waals surface area contributed by atoms with Gasteiger partial charge in [-0.05, 0) is 24.6 Å². The van der Waals surface area contributed by atoms with E-state index in [1.807, 2.05) is 24.0 Å². The first-order valence-corrected chi connectivity index (χ1v) is 8.49. The van der Waals surface area contributed by atoms with Crippen LogP contribution in [-0.2, 0) is 0 Å². The van der Waals surface area contributed by atoms with Crippen LogP contribution in [0.15, 0.2) is 36.5 Å². The molecule has 2 aromatic rings. The summed E-state index contributed by atoms with van der Waals surface area (Å²) >= 11 is 2.04. The van der Waals surface area contributed by atoms with E-state index in [0.717, 1.165) is 17.8 Å². The molecular formula is C17H24N2S. The Morgan fingerprint density at radius 2 is 2.00 bits per heavy atom. The number of pyridine rings is 1. The van der Waals surface area contributed by atoms with Gasteiger partial charge in [-0.15, -0.1) is 0 Å². The van der Waals surface area contributed by atoms with Crippen molar-refractivity contribution in [2.75, 3.05) is 12.3 Å². The maximum Gasteiger partial charge on any atom is 0.0750 e. The number of thioether (sulfide) groups is 1. The second kappa shape index (κ2) is 7.65. The summed E-state index contributed by atoms with van der Waals surface area (Å²) in [6, 6.07) is 11.0. The first kappa shape index (κ1) is 15.3. The number of rotatable bonds is 7. The number of para-hydroxylation sites is 1. The third kappa shape index (κ3) is 3.74. The van der Waals surface area contributed by atoms with Crippen molar-refractivity contribution >= 4 is 22.7 Å². The summed E-state index contributed by atoms with van der Waals surface area (Å²) in [6.07, 6.45) is 3.11. The van der Waals surface area contributed by atoms with Gasteiger partial charge in [0.1, 0.15) is 0 Å². The number of fused-ring (bicyclic) bond motifs is 1. The van der Waals surface area contributed by atoms with E-state index in [4.69, 9.17) is 0 Å². The van der Waals surface area contributed by atoms with E-state index in [1.165, 1.54) is 17.4 Å². The molecule has 0 saturated carbocycles.